The Morgan fingerprint density at radius 2 is 2.20 bits per heavy atom. The first kappa shape index (κ1) is 9.98. The molecule has 2 rings (SSSR count). The predicted molar refractivity (Wildman–Crippen MR) is 55.7 cm³/mol. The molecule has 80 valence electrons. The van der Waals surface area contributed by atoms with Crippen molar-refractivity contribution in [2.45, 2.75) is 19.6 Å². The van der Waals surface area contributed by atoms with Crippen LogP contribution in [0.25, 0.3) is 0 Å². The number of carbonyl (C=O) groups excluding carboxylic acids is 1. The number of ether oxygens (including phenoxy) is 2. The molecule has 1 N–H and O–H groups in total. The second-order valence-corrected chi connectivity index (χ2v) is 3.43. The van der Waals surface area contributed by atoms with Crippen LogP contribution in [0, 0.1) is 0 Å². The SMILES string of the molecule is CCO[C@@]1(C)Oc2ccccc2NC1=O. The molecule has 0 bridgehead atoms. The van der Waals surface area contributed by atoms with Crippen LogP contribution in [0.5, 0.6) is 5.75 Å². The van der Waals surface area contributed by atoms with E-state index in [1.165, 1.54) is 0 Å². The van der Waals surface area contributed by atoms with Crippen molar-refractivity contribution in [3.8, 4) is 5.75 Å². The van der Waals surface area contributed by atoms with Crippen LogP contribution in [-0.4, -0.2) is 18.3 Å². The van der Waals surface area contributed by atoms with Crippen molar-refractivity contribution in [2.75, 3.05) is 11.9 Å². The van der Waals surface area contributed by atoms with E-state index < -0.39 is 5.79 Å². The van der Waals surface area contributed by atoms with E-state index in [9.17, 15) is 4.79 Å². The fourth-order valence-electron chi connectivity index (χ4n) is 1.52. The van der Waals surface area contributed by atoms with Crippen LogP contribution in [-0.2, 0) is 9.53 Å². The van der Waals surface area contributed by atoms with E-state index in [0.29, 0.717) is 18.0 Å². The molecule has 1 aliphatic rings. The van der Waals surface area contributed by atoms with Gasteiger partial charge >= 0.3 is 0 Å². The van der Waals surface area contributed by atoms with Crippen LogP contribution < -0.4 is 10.1 Å². The van der Waals surface area contributed by atoms with Crippen LogP contribution in [0.2, 0.25) is 0 Å². The van der Waals surface area contributed by atoms with Gasteiger partial charge in [-0.2, -0.15) is 0 Å². The van der Waals surface area contributed by atoms with Gasteiger partial charge in [0.2, 0.25) is 0 Å². The van der Waals surface area contributed by atoms with Gasteiger partial charge in [-0.15, -0.1) is 0 Å². The van der Waals surface area contributed by atoms with E-state index in [0.717, 1.165) is 0 Å². The number of hydrogen-bond acceptors (Lipinski definition) is 3. The third kappa shape index (κ3) is 1.68. The van der Waals surface area contributed by atoms with Crippen molar-refractivity contribution in [1.82, 2.24) is 0 Å². The fraction of sp³-hybridized carbons (Fsp3) is 0.364. The number of amides is 1. The zero-order valence-corrected chi connectivity index (χ0v) is 8.74. The third-order valence-electron chi connectivity index (χ3n) is 2.27. The second-order valence-electron chi connectivity index (χ2n) is 3.43. The molecule has 4 nitrogen and oxygen atoms in total. The highest BCUT2D eigenvalue weighted by Gasteiger charge is 2.40. The predicted octanol–water partition coefficient (Wildman–Crippen LogP) is 1.77. The zero-order valence-electron chi connectivity index (χ0n) is 8.74. The van der Waals surface area contributed by atoms with Gasteiger partial charge in [0.05, 0.1) is 5.69 Å². The molecule has 0 saturated carbocycles. The molecule has 1 amide bonds. The minimum Gasteiger partial charge on any atom is -0.451 e. The molecular formula is C11H13NO3. The van der Waals surface area contributed by atoms with Crippen molar-refractivity contribution < 1.29 is 14.3 Å². The fourth-order valence-corrected chi connectivity index (χ4v) is 1.52. The maximum absolute atomic E-state index is 11.7. The Morgan fingerprint density at radius 3 is 2.93 bits per heavy atom. The molecule has 1 aromatic rings. The Hall–Kier alpha value is -1.55. The first-order valence-corrected chi connectivity index (χ1v) is 4.89. The largest absolute Gasteiger partial charge is 0.451 e. The standard InChI is InChI=1S/C11H13NO3/c1-3-14-11(2)10(13)12-8-6-4-5-7-9(8)15-11/h4-7H,3H2,1-2H3,(H,12,13)/t11-/m0/s1. The van der Waals surface area contributed by atoms with Crippen molar-refractivity contribution in [3.05, 3.63) is 24.3 Å². The van der Waals surface area contributed by atoms with Crippen LogP contribution in [0.1, 0.15) is 13.8 Å². The maximum Gasteiger partial charge on any atom is 0.297 e. The first-order valence-electron chi connectivity index (χ1n) is 4.89. The summed E-state index contributed by atoms with van der Waals surface area (Å²) in [5, 5.41) is 2.75. The Morgan fingerprint density at radius 1 is 1.47 bits per heavy atom. The summed E-state index contributed by atoms with van der Waals surface area (Å²) in [6, 6.07) is 7.28. The summed E-state index contributed by atoms with van der Waals surface area (Å²) in [4.78, 5) is 11.7. The molecular weight excluding hydrogens is 194 g/mol. The Kier molecular flexibility index (Phi) is 2.36. The number of fused-ring (bicyclic) bond motifs is 1. The van der Waals surface area contributed by atoms with Gasteiger partial charge < -0.3 is 14.8 Å². The van der Waals surface area contributed by atoms with E-state index in [2.05, 4.69) is 5.32 Å². The van der Waals surface area contributed by atoms with E-state index in [1.807, 2.05) is 19.1 Å². The lowest BCUT2D eigenvalue weighted by Gasteiger charge is -2.33. The molecule has 0 unspecified atom stereocenters. The van der Waals surface area contributed by atoms with Crippen molar-refractivity contribution >= 4 is 11.6 Å². The number of hydrogen-bond donors (Lipinski definition) is 1. The smallest absolute Gasteiger partial charge is 0.297 e. The van der Waals surface area contributed by atoms with Gasteiger partial charge in [0.25, 0.3) is 11.7 Å². The molecule has 1 aliphatic heterocycles. The molecule has 15 heavy (non-hydrogen) atoms. The molecule has 0 aromatic heterocycles. The van der Waals surface area contributed by atoms with Gasteiger partial charge in [-0.1, -0.05) is 12.1 Å². The van der Waals surface area contributed by atoms with Gasteiger partial charge in [-0.05, 0) is 19.1 Å². The summed E-state index contributed by atoms with van der Waals surface area (Å²) in [5.74, 6) is -0.862. The van der Waals surface area contributed by atoms with Crippen molar-refractivity contribution in [1.29, 1.82) is 0 Å². The Balaban J connectivity index is 2.33. The van der Waals surface area contributed by atoms with E-state index >= 15 is 0 Å². The number of anilines is 1. The average Bonchev–Trinajstić information content (AvgIpc) is 2.20. The summed E-state index contributed by atoms with van der Waals surface area (Å²) in [6.07, 6.45) is 0. The molecule has 4 heteroatoms. The van der Waals surface area contributed by atoms with Crippen LogP contribution in [0.4, 0.5) is 5.69 Å². The van der Waals surface area contributed by atoms with Gasteiger partial charge in [-0.25, -0.2) is 0 Å². The minimum atomic E-state index is -1.22. The van der Waals surface area contributed by atoms with Crippen molar-refractivity contribution in [2.24, 2.45) is 0 Å². The lowest BCUT2D eigenvalue weighted by Crippen LogP contribution is -2.50. The molecule has 0 aliphatic carbocycles. The molecule has 0 radical (unpaired) electrons. The highest BCUT2D eigenvalue weighted by Crippen LogP contribution is 2.33. The van der Waals surface area contributed by atoms with Gasteiger partial charge in [0.15, 0.2) is 0 Å². The molecule has 0 fully saturated rings. The summed E-state index contributed by atoms with van der Waals surface area (Å²) in [5.41, 5.74) is 0.680. The Labute approximate surface area is 88.2 Å². The normalized spacial score (nSPS) is 24.0. The van der Waals surface area contributed by atoms with E-state index in [1.54, 1.807) is 19.1 Å². The maximum atomic E-state index is 11.7. The summed E-state index contributed by atoms with van der Waals surface area (Å²) in [6.45, 7) is 3.86. The lowest BCUT2D eigenvalue weighted by molar-refractivity contribution is -0.183. The molecule has 0 saturated heterocycles. The molecule has 1 atom stereocenters. The van der Waals surface area contributed by atoms with Crippen LogP contribution in [0.3, 0.4) is 0 Å². The van der Waals surface area contributed by atoms with Crippen LogP contribution in [0.15, 0.2) is 24.3 Å². The summed E-state index contributed by atoms with van der Waals surface area (Å²) < 4.78 is 10.8. The number of carbonyl (C=O) groups is 1. The molecule has 1 heterocycles. The Bertz CT molecular complexity index is 391. The third-order valence-corrected chi connectivity index (χ3v) is 2.27. The topological polar surface area (TPSA) is 47.6 Å². The van der Waals surface area contributed by atoms with E-state index in [-0.39, 0.29) is 5.91 Å². The minimum absolute atomic E-state index is 0.275. The first-order chi connectivity index (χ1) is 7.15. The van der Waals surface area contributed by atoms with Gasteiger partial charge in [-0.3, -0.25) is 4.79 Å². The number of rotatable bonds is 2. The van der Waals surface area contributed by atoms with Gasteiger partial charge in [0, 0.05) is 13.5 Å². The molecule has 0 spiro atoms. The summed E-state index contributed by atoms with van der Waals surface area (Å²) >= 11 is 0. The number of para-hydroxylation sites is 2. The van der Waals surface area contributed by atoms with Crippen molar-refractivity contribution in [3.63, 3.8) is 0 Å². The average molecular weight is 207 g/mol. The zero-order chi connectivity index (χ0) is 10.9. The quantitative estimate of drug-likeness (QED) is 0.804. The van der Waals surface area contributed by atoms with Gasteiger partial charge in [0.1, 0.15) is 5.75 Å². The number of nitrogens with one attached hydrogen (secondary N) is 1. The highest BCUT2D eigenvalue weighted by atomic mass is 16.7. The van der Waals surface area contributed by atoms with Crippen LogP contribution >= 0.6 is 0 Å². The lowest BCUT2D eigenvalue weighted by atomic mass is 10.2. The van der Waals surface area contributed by atoms with E-state index in [4.69, 9.17) is 9.47 Å². The molecule has 1 aromatic carbocycles. The monoisotopic (exact) mass is 207 g/mol. The number of benzene rings is 1. The second kappa shape index (κ2) is 3.55. The highest BCUT2D eigenvalue weighted by molar-refractivity contribution is 5.99. The summed E-state index contributed by atoms with van der Waals surface area (Å²) in [7, 11) is 0.